The topological polar surface area (TPSA) is 38.4 Å². The minimum absolute atomic E-state index is 0.624. The van der Waals surface area contributed by atoms with Crippen molar-refractivity contribution < 1.29 is 0 Å². The molecule has 1 unspecified atom stereocenters. The lowest BCUT2D eigenvalue weighted by atomic mass is 10.1. The molecule has 2 heteroatoms. The summed E-state index contributed by atoms with van der Waals surface area (Å²) in [7, 11) is 0. The number of hydrogen-bond acceptors (Lipinski definition) is 1. The average molecular weight is 204 g/mol. The van der Waals surface area contributed by atoms with Crippen molar-refractivity contribution in [1.29, 1.82) is 0 Å². The zero-order valence-corrected chi connectivity index (χ0v) is 9.61. The summed E-state index contributed by atoms with van der Waals surface area (Å²) in [5.41, 5.74) is 7.08. The molecule has 0 radical (unpaired) electrons. The molecular formula is C13H20N2. The van der Waals surface area contributed by atoms with Crippen molar-refractivity contribution in [3.8, 4) is 0 Å². The third-order valence-electron chi connectivity index (χ3n) is 2.53. The molecule has 1 aromatic carbocycles. The fourth-order valence-corrected chi connectivity index (χ4v) is 1.26. The highest BCUT2D eigenvalue weighted by Crippen LogP contribution is 2.02. The Morgan fingerprint density at radius 3 is 2.60 bits per heavy atom. The van der Waals surface area contributed by atoms with Gasteiger partial charge in [-0.2, -0.15) is 0 Å². The van der Waals surface area contributed by atoms with Crippen molar-refractivity contribution in [2.75, 3.05) is 6.54 Å². The van der Waals surface area contributed by atoms with E-state index in [1.807, 2.05) is 18.2 Å². The van der Waals surface area contributed by atoms with Gasteiger partial charge in [0.05, 0.1) is 5.84 Å². The zero-order valence-electron chi connectivity index (χ0n) is 9.61. The SMILES string of the molecule is CCC(C)CN=C(N)Cc1ccccc1. The van der Waals surface area contributed by atoms with Crippen LogP contribution in [-0.4, -0.2) is 12.4 Å². The molecule has 15 heavy (non-hydrogen) atoms. The Morgan fingerprint density at radius 1 is 1.33 bits per heavy atom. The van der Waals surface area contributed by atoms with Gasteiger partial charge in [-0.25, -0.2) is 0 Å². The Kier molecular flexibility index (Phi) is 4.88. The number of nitrogens with zero attached hydrogens (tertiary/aromatic N) is 1. The summed E-state index contributed by atoms with van der Waals surface area (Å²) in [4.78, 5) is 4.38. The van der Waals surface area contributed by atoms with E-state index in [0.717, 1.165) is 25.2 Å². The van der Waals surface area contributed by atoms with Crippen molar-refractivity contribution in [3.63, 3.8) is 0 Å². The molecule has 0 aliphatic carbocycles. The lowest BCUT2D eigenvalue weighted by molar-refractivity contribution is 0.576. The van der Waals surface area contributed by atoms with E-state index in [0.29, 0.717) is 5.92 Å². The first-order valence-corrected chi connectivity index (χ1v) is 5.55. The van der Waals surface area contributed by atoms with Crippen molar-refractivity contribution in [1.82, 2.24) is 0 Å². The van der Waals surface area contributed by atoms with Gasteiger partial charge in [-0.05, 0) is 11.5 Å². The first kappa shape index (κ1) is 11.8. The highest BCUT2D eigenvalue weighted by atomic mass is 14.8. The third-order valence-corrected chi connectivity index (χ3v) is 2.53. The van der Waals surface area contributed by atoms with E-state index >= 15 is 0 Å². The van der Waals surface area contributed by atoms with E-state index in [-0.39, 0.29) is 0 Å². The van der Waals surface area contributed by atoms with E-state index < -0.39 is 0 Å². The molecule has 2 N–H and O–H groups in total. The van der Waals surface area contributed by atoms with Crippen LogP contribution in [0.2, 0.25) is 0 Å². The zero-order chi connectivity index (χ0) is 11.1. The standard InChI is InChI=1S/C13H20N2/c1-3-11(2)10-15-13(14)9-12-7-5-4-6-8-12/h4-8,11H,3,9-10H2,1-2H3,(H2,14,15). The molecule has 0 fully saturated rings. The Bertz CT molecular complexity index is 304. The minimum Gasteiger partial charge on any atom is -0.387 e. The fourth-order valence-electron chi connectivity index (χ4n) is 1.26. The van der Waals surface area contributed by atoms with Crippen molar-refractivity contribution in [2.24, 2.45) is 16.6 Å². The molecule has 0 aliphatic rings. The molecular weight excluding hydrogens is 184 g/mol. The van der Waals surface area contributed by atoms with E-state index in [1.54, 1.807) is 0 Å². The van der Waals surface area contributed by atoms with Crippen LogP contribution in [0.15, 0.2) is 35.3 Å². The highest BCUT2D eigenvalue weighted by Gasteiger charge is 1.98. The van der Waals surface area contributed by atoms with E-state index in [1.165, 1.54) is 5.56 Å². The number of benzene rings is 1. The molecule has 0 amide bonds. The van der Waals surface area contributed by atoms with Crippen LogP contribution < -0.4 is 5.73 Å². The lowest BCUT2D eigenvalue weighted by Gasteiger charge is -2.05. The van der Waals surface area contributed by atoms with Gasteiger partial charge in [-0.3, -0.25) is 4.99 Å². The molecule has 1 atom stereocenters. The predicted molar refractivity (Wildman–Crippen MR) is 66.1 cm³/mol. The van der Waals surface area contributed by atoms with Gasteiger partial charge in [0, 0.05) is 13.0 Å². The molecule has 0 aromatic heterocycles. The predicted octanol–water partition coefficient (Wildman–Crippen LogP) is 2.63. The van der Waals surface area contributed by atoms with E-state index in [9.17, 15) is 0 Å². The van der Waals surface area contributed by atoms with Gasteiger partial charge in [0.1, 0.15) is 0 Å². The van der Waals surface area contributed by atoms with Crippen LogP contribution in [0.3, 0.4) is 0 Å². The number of hydrogen-bond donors (Lipinski definition) is 1. The van der Waals surface area contributed by atoms with Crippen LogP contribution in [0, 0.1) is 5.92 Å². The number of nitrogens with two attached hydrogens (primary N) is 1. The van der Waals surface area contributed by atoms with Gasteiger partial charge in [0.25, 0.3) is 0 Å². The maximum absolute atomic E-state index is 5.86. The first-order valence-electron chi connectivity index (χ1n) is 5.55. The summed E-state index contributed by atoms with van der Waals surface area (Å²) in [6.45, 7) is 5.21. The molecule has 1 rings (SSSR count). The fraction of sp³-hybridized carbons (Fsp3) is 0.462. The maximum Gasteiger partial charge on any atom is 0.0981 e. The van der Waals surface area contributed by atoms with Crippen LogP contribution in [0.5, 0.6) is 0 Å². The summed E-state index contributed by atoms with van der Waals surface area (Å²) in [5.74, 6) is 1.36. The van der Waals surface area contributed by atoms with Gasteiger partial charge in [-0.15, -0.1) is 0 Å². The lowest BCUT2D eigenvalue weighted by Crippen LogP contribution is -2.16. The second-order valence-electron chi connectivity index (χ2n) is 4.01. The van der Waals surface area contributed by atoms with E-state index in [2.05, 4.69) is 31.0 Å². The summed E-state index contributed by atoms with van der Waals surface area (Å²) in [5, 5.41) is 0. The van der Waals surface area contributed by atoms with Gasteiger partial charge in [0.15, 0.2) is 0 Å². The van der Waals surface area contributed by atoms with Gasteiger partial charge < -0.3 is 5.73 Å². The van der Waals surface area contributed by atoms with E-state index in [4.69, 9.17) is 5.73 Å². The number of rotatable bonds is 5. The monoisotopic (exact) mass is 204 g/mol. The van der Waals surface area contributed by atoms with Gasteiger partial charge in [0.2, 0.25) is 0 Å². The van der Waals surface area contributed by atoms with Crippen LogP contribution >= 0.6 is 0 Å². The quantitative estimate of drug-likeness (QED) is 0.581. The Morgan fingerprint density at radius 2 is 2.00 bits per heavy atom. The summed E-state index contributed by atoms with van der Waals surface area (Å²) in [6.07, 6.45) is 1.92. The smallest absolute Gasteiger partial charge is 0.0981 e. The maximum atomic E-state index is 5.86. The Labute approximate surface area is 92.2 Å². The molecule has 1 aromatic rings. The minimum atomic E-state index is 0.624. The molecule has 0 heterocycles. The second kappa shape index (κ2) is 6.23. The number of amidine groups is 1. The Hall–Kier alpha value is -1.31. The summed E-state index contributed by atoms with van der Waals surface area (Å²) in [6, 6.07) is 10.2. The molecule has 0 aliphatic heterocycles. The van der Waals surface area contributed by atoms with Crippen LogP contribution in [0.25, 0.3) is 0 Å². The normalized spacial score (nSPS) is 13.9. The van der Waals surface area contributed by atoms with Crippen molar-refractivity contribution in [2.45, 2.75) is 26.7 Å². The Balaban J connectivity index is 2.45. The third kappa shape index (κ3) is 4.63. The van der Waals surface area contributed by atoms with Crippen LogP contribution in [0.4, 0.5) is 0 Å². The van der Waals surface area contributed by atoms with Crippen LogP contribution in [0.1, 0.15) is 25.8 Å². The van der Waals surface area contributed by atoms with Gasteiger partial charge >= 0.3 is 0 Å². The second-order valence-corrected chi connectivity index (χ2v) is 4.01. The summed E-state index contributed by atoms with van der Waals surface area (Å²) >= 11 is 0. The average Bonchev–Trinajstić information content (AvgIpc) is 2.27. The molecule has 0 saturated heterocycles. The largest absolute Gasteiger partial charge is 0.387 e. The first-order chi connectivity index (χ1) is 7.22. The highest BCUT2D eigenvalue weighted by molar-refractivity contribution is 5.82. The molecule has 0 spiro atoms. The van der Waals surface area contributed by atoms with Crippen molar-refractivity contribution in [3.05, 3.63) is 35.9 Å². The van der Waals surface area contributed by atoms with Crippen LogP contribution in [-0.2, 0) is 6.42 Å². The number of aliphatic imine (C=N–C) groups is 1. The molecule has 0 saturated carbocycles. The molecule has 2 nitrogen and oxygen atoms in total. The molecule has 82 valence electrons. The van der Waals surface area contributed by atoms with Gasteiger partial charge in [-0.1, -0.05) is 50.6 Å². The molecule has 0 bridgehead atoms. The summed E-state index contributed by atoms with van der Waals surface area (Å²) < 4.78 is 0. The van der Waals surface area contributed by atoms with Crippen molar-refractivity contribution >= 4 is 5.84 Å².